The molecule has 0 spiro atoms. The minimum absolute atomic E-state index is 0. The van der Waals surface area contributed by atoms with E-state index in [0.29, 0.717) is 0 Å². The van der Waals surface area contributed by atoms with Crippen LogP contribution in [0.2, 0.25) is 0 Å². The molecule has 92 valence electrons. The highest BCUT2D eigenvalue weighted by Crippen LogP contribution is 2.17. The van der Waals surface area contributed by atoms with E-state index in [1.165, 1.54) is 19.5 Å². The third-order valence-electron chi connectivity index (χ3n) is 2.93. The van der Waals surface area contributed by atoms with Gasteiger partial charge in [0, 0.05) is 19.2 Å². The van der Waals surface area contributed by atoms with E-state index < -0.39 is 0 Å². The molecule has 1 saturated heterocycles. The molecule has 0 aromatic carbocycles. The zero-order chi connectivity index (χ0) is 10.7. The van der Waals surface area contributed by atoms with Crippen molar-refractivity contribution in [3.63, 3.8) is 0 Å². The van der Waals surface area contributed by atoms with Crippen LogP contribution in [0.15, 0.2) is 10.6 Å². The molecule has 0 amide bonds. The highest BCUT2D eigenvalue weighted by molar-refractivity contribution is 5.85. The third-order valence-corrected chi connectivity index (χ3v) is 2.93. The van der Waals surface area contributed by atoms with Crippen LogP contribution in [0, 0.1) is 12.8 Å². The van der Waals surface area contributed by atoms with Gasteiger partial charge in [0.05, 0.1) is 5.69 Å². The van der Waals surface area contributed by atoms with Gasteiger partial charge >= 0.3 is 0 Å². The number of rotatable bonds is 4. The van der Waals surface area contributed by atoms with Crippen molar-refractivity contribution in [1.29, 1.82) is 0 Å². The van der Waals surface area contributed by atoms with Gasteiger partial charge in [0.15, 0.2) is 0 Å². The predicted molar refractivity (Wildman–Crippen MR) is 65.8 cm³/mol. The van der Waals surface area contributed by atoms with Crippen molar-refractivity contribution in [3.8, 4) is 0 Å². The van der Waals surface area contributed by atoms with Crippen LogP contribution in [-0.4, -0.2) is 36.7 Å². The number of hydrogen-bond donors (Lipinski definition) is 1. The summed E-state index contributed by atoms with van der Waals surface area (Å²) in [7, 11) is 2.02. The van der Waals surface area contributed by atoms with Gasteiger partial charge in [0.1, 0.15) is 5.76 Å². The first-order valence-corrected chi connectivity index (χ1v) is 5.57. The lowest BCUT2D eigenvalue weighted by Crippen LogP contribution is -2.24. The first kappa shape index (κ1) is 13.5. The third kappa shape index (κ3) is 3.47. The molecule has 0 bridgehead atoms. The molecule has 1 unspecified atom stereocenters. The summed E-state index contributed by atoms with van der Waals surface area (Å²) < 4.78 is 5.06. The molecular formula is C11H20ClN3O. The molecule has 4 nitrogen and oxygen atoms in total. The van der Waals surface area contributed by atoms with Crippen molar-refractivity contribution in [3.05, 3.63) is 17.5 Å². The molecular weight excluding hydrogens is 226 g/mol. The molecule has 1 aliphatic heterocycles. The van der Waals surface area contributed by atoms with Gasteiger partial charge in [-0.15, -0.1) is 12.4 Å². The minimum Gasteiger partial charge on any atom is -0.361 e. The topological polar surface area (TPSA) is 41.3 Å². The zero-order valence-electron chi connectivity index (χ0n) is 9.90. The van der Waals surface area contributed by atoms with Crippen LogP contribution >= 0.6 is 12.4 Å². The van der Waals surface area contributed by atoms with Crippen LogP contribution in [0.1, 0.15) is 17.9 Å². The molecule has 1 aliphatic rings. The summed E-state index contributed by atoms with van der Waals surface area (Å²) in [6.07, 6.45) is 1.29. The molecule has 16 heavy (non-hydrogen) atoms. The van der Waals surface area contributed by atoms with Crippen molar-refractivity contribution in [1.82, 2.24) is 15.4 Å². The maximum absolute atomic E-state index is 5.06. The monoisotopic (exact) mass is 245 g/mol. The molecule has 2 heterocycles. The highest BCUT2D eigenvalue weighted by atomic mass is 35.5. The van der Waals surface area contributed by atoms with Crippen molar-refractivity contribution in [2.24, 2.45) is 5.92 Å². The number of hydrogen-bond acceptors (Lipinski definition) is 4. The Labute approximate surface area is 103 Å². The molecule has 5 heteroatoms. The van der Waals surface area contributed by atoms with E-state index in [9.17, 15) is 0 Å². The van der Waals surface area contributed by atoms with Crippen molar-refractivity contribution in [2.75, 3.05) is 26.7 Å². The zero-order valence-corrected chi connectivity index (χ0v) is 10.7. The van der Waals surface area contributed by atoms with Gasteiger partial charge in [-0.3, -0.25) is 4.90 Å². The fourth-order valence-electron chi connectivity index (χ4n) is 2.23. The number of halogens is 1. The molecule has 0 radical (unpaired) electrons. The van der Waals surface area contributed by atoms with Gasteiger partial charge < -0.3 is 9.84 Å². The predicted octanol–water partition coefficient (Wildman–Crippen LogP) is 1.45. The average molecular weight is 246 g/mol. The summed E-state index contributed by atoms with van der Waals surface area (Å²) in [5.74, 6) is 1.69. The summed E-state index contributed by atoms with van der Waals surface area (Å²) >= 11 is 0. The second-order valence-corrected chi connectivity index (χ2v) is 4.38. The van der Waals surface area contributed by atoms with Crippen LogP contribution in [0.25, 0.3) is 0 Å². The van der Waals surface area contributed by atoms with Crippen LogP contribution in [-0.2, 0) is 6.54 Å². The Morgan fingerprint density at radius 2 is 2.44 bits per heavy atom. The van der Waals surface area contributed by atoms with E-state index in [4.69, 9.17) is 4.52 Å². The maximum atomic E-state index is 5.06. The smallest absolute Gasteiger partial charge is 0.133 e. The summed E-state index contributed by atoms with van der Waals surface area (Å²) in [6, 6.07) is 2.02. The Morgan fingerprint density at radius 3 is 3.06 bits per heavy atom. The number of nitrogens with zero attached hydrogens (tertiary/aromatic N) is 2. The van der Waals surface area contributed by atoms with Gasteiger partial charge in [-0.05, 0) is 39.4 Å². The van der Waals surface area contributed by atoms with Gasteiger partial charge in [0.2, 0.25) is 0 Å². The van der Waals surface area contributed by atoms with Crippen molar-refractivity contribution < 1.29 is 4.52 Å². The van der Waals surface area contributed by atoms with E-state index in [1.807, 2.05) is 20.0 Å². The number of aryl methyl sites for hydroxylation is 1. The molecule has 0 aliphatic carbocycles. The minimum atomic E-state index is 0. The maximum Gasteiger partial charge on any atom is 0.133 e. The van der Waals surface area contributed by atoms with E-state index in [2.05, 4.69) is 15.4 Å². The second kappa shape index (κ2) is 6.23. The molecule has 1 aromatic rings. The number of likely N-dealkylation sites (tertiary alicyclic amines) is 1. The highest BCUT2D eigenvalue weighted by Gasteiger charge is 2.22. The van der Waals surface area contributed by atoms with Gasteiger partial charge in [-0.25, -0.2) is 0 Å². The summed E-state index contributed by atoms with van der Waals surface area (Å²) in [6.45, 7) is 6.33. The fraction of sp³-hybridized carbons (Fsp3) is 0.727. The SMILES string of the molecule is CNCC1CCN(Cc2cc(C)on2)C1.Cl. The van der Waals surface area contributed by atoms with Crippen LogP contribution < -0.4 is 5.32 Å². The normalized spacial score (nSPS) is 21.0. The van der Waals surface area contributed by atoms with Crippen LogP contribution in [0.3, 0.4) is 0 Å². The molecule has 1 aromatic heterocycles. The number of nitrogens with one attached hydrogen (secondary N) is 1. The Balaban J connectivity index is 0.00000128. The first-order valence-electron chi connectivity index (χ1n) is 5.57. The van der Waals surface area contributed by atoms with Gasteiger partial charge in [-0.1, -0.05) is 5.16 Å². The molecule has 1 atom stereocenters. The first-order chi connectivity index (χ1) is 7.28. The Morgan fingerprint density at radius 1 is 1.62 bits per heavy atom. The lowest BCUT2D eigenvalue weighted by Gasteiger charge is -2.13. The lowest BCUT2D eigenvalue weighted by atomic mass is 10.1. The largest absolute Gasteiger partial charge is 0.361 e. The Hall–Kier alpha value is -0.580. The van der Waals surface area contributed by atoms with Gasteiger partial charge in [0.25, 0.3) is 0 Å². The molecule has 1 N–H and O–H groups in total. The molecule has 1 fully saturated rings. The standard InChI is InChI=1S/C11H19N3O.ClH/c1-9-5-11(13-15-9)8-14-4-3-10(7-14)6-12-2;/h5,10,12H,3-4,6-8H2,1-2H3;1H. The van der Waals surface area contributed by atoms with Crippen LogP contribution in [0.4, 0.5) is 0 Å². The van der Waals surface area contributed by atoms with Crippen molar-refractivity contribution >= 4 is 12.4 Å². The average Bonchev–Trinajstić information content (AvgIpc) is 2.78. The van der Waals surface area contributed by atoms with Gasteiger partial charge in [-0.2, -0.15) is 0 Å². The Bertz CT molecular complexity index is 316. The van der Waals surface area contributed by atoms with E-state index in [0.717, 1.165) is 30.5 Å². The van der Waals surface area contributed by atoms with E-state index >= 15 is 0 Å². The fourth-order valence-corrected chi connectivity index (χ4v) is 2.23. The second-order valence-electron chi connectivity index (χ2n) is 4.38. The summed E-state index contributed by atoms with van der Waals surface area (Å²) in [5.41, 5.74) is 1.05. The quantitative estimate of drug-likeness (QED) is 0.872. The lowest BCUT2D eigenvalue weighted by molar-refractivity contribution is 0.299. The van der Waals surface area contributed by atoms with E-state index in [1.54, 1.807) is 0 Å². The van der Waals surface area contributed by atoms with E-state index in [-0.39, 0.29) is 12.4 Å². The van der Waals surface area contributed by atoms with Crippen LogP contribution in [0.5, 0.6) is 0 Å². The summed E-state index contributed by atoms with van der Waals surface area (Å²) in [5, 5.41) is 7.26. The molecule has 2 rings (SSSR count). The molecule has 0 saturated carbocycles. The number of aromatic nitrogens is 1. The van der Waals surface area contributed by atoms with Crippen molar-refractivity contribution in [2.45, 2.75) is 19.9 Å². The summed E-state index contributed by atoms with van der Waals surface area (Å²) in [4.78, 5) is 2.44. The Kier molecular flexibility index (Phi) is 5.25.